The van der Waals surface area contributed by atoms with Crippen molar-refractivity contribution in [1.29, 1.82) is 21.0 Å². The van der Waals surface area contributed by atoms with Gasteiger partial charge in [0.05, 0.1) is 30.2 Å². The highest BCUT2D eigenvalue weighted by molar-refractivity contribution is 7.15. The van der Waals surface area contributed by atoms with Gasteiger partial charge >= 0.3 is 0 Å². The van der Waals surface area contributed by atoms with Gasteiger partial charge in [-0.05, 0) is 36.4 Å². The Morgan fingerprint density at radius 3 is 1.38 bits per heavy atom. The lowest BCUT2D eigenvalue weighted by atomic mass is 10.3. The van der Waals surface area contributed by atoms with Crippen LogP contribution in [0, 0.1) is 45.3 Å². The smallest absolute Gasteiger partial charge is 0.146 e. The van der Waals surface area contributed by atoms with Crippen molar-refractivity contribution in [3.8, 4) is 24.3 Å². The number of hydrogen-bond donors (Lipinski definition) is 2. The summed E-state index contributed by atoms with van der Waals surface area (Å²) in [5, 5.41) is 35.9. The summed E-state index contributed by atoms with van der Waals surface area (Å²) in [7, 11) is 0. The van der Waals surface area contributed by atoms with Crippen molar-refractivity contribution in [2.24, 2.45) is 0 Å². The molecule has 0 saturated heterocycles. The first-order valence-electron chi connectivity index (χ1n) is 7.92. The normalized spacial score (nSPS) is 11.3. The van der Waals surface area contributed by atoms with Crippen LogP contribution in [0.5, 0.6) is 0 Å². The molecule has 0 spiro atoms. The van der Waals surface area contributed by atoms with Gasteiger partial charge in [0, 0.05) is 9.06 Å². The minimum absolute atomic E-state index is 0.0711. The highest BCUT2D eigenvalue weighted by atomic mass is 32.1. The molecule has 3 heterocycles. The Morgan fingerprint density at radius 2 is 1.03 bits per heavy atom. The molecule has 3 aromatic rings. The number of nitrogens with zero attached hydrogens (tertiary/aromatic N) is 4. The minimum Gasteiger partial charge on any atom is -0.396 e. The summed E-state index contributed by atoms with van der Waals surface area (Å²) < 4.78 is 2.90. The molecule has 0 amide bonds. The first kappa shape index (κ1) is 19.9. The Morgan fingerprint density at radius 1 is 0.655 bits per heavy atom. The van der Waals surface area contributed by atoms with Crippen LogP contribution in [-0.4, -0.2) is 0 Å². The van der Waals surface area contributed by atoms with Gasteiger partial charge < -0.3 is 11.5 Å². The number of nitrogens with two attached hydrogens (primary N) is 2. The molecule has 0 aliphatic heterocycles. The second kappa shape index (κ2) is 8.44. The number of rotatable bonds is 2. The molecular weight excluding hydrogens is 420 g/mol. The molecule has 138 valence electrons. The lowest BCUT2D eigenvalue weighted by Crippen LogP contribution is -1.98. The van der Waals surface area contributed by atoms with Crippen LogP contribution in [0.25, 0.3) is 23.3 Å². The van der Waals surface area contributed by atoms with E-state index in [1.807, 2.05) is 48.6 Å². The zero-order valence-corrected chi connectivity index (χ0v) is 17.1. The van der Waals surface area contributed by atoms with Crippen LogP contribution in [-0.2, 0) is 0 Å². The van der Waals surface area contributed by atoms with Gasteiger partial charge in [-0.3, -0.25) is 0 Å². The van der Waals surface area contributed by atoms with Gasteiger partial charge in [0.15, 0.2) is 0 Å². The van der Waals surface area contributed by atoms with E-state index in [4.69, 9.17) is 32.5 Å². The number of thiophene rings is 3. The van der Waals surface area contributed by atoms with Gasteiger partial charge in [0.2, 0.25) is 0 Å². The highest BCUT2D eigenvalue weighted by Gasteiger charge is 2.10. The largest absolute Gasteiger partial charge is 0.396 e. The standard InChI is InChI=1S/C20H10N6S3/c21-7-11(8-22)15-3-1-13(27-15)5-17-19(25)20(26)18(29-17)6-14-2-4-16(28-14)12(9-23)10-24/h1-6H,25-26H2/b13-5+,14-6+. The number of nitriles is 4. The van der Waals surface area contributed by atoms with Gasteiger partial charge in [-0.1, -0.05) is 0 Å². The average molecular weight is 431 g/mol. The molecule has 0 aromatic carbocycles. The highest BCUT2D eigenvalue weighted by Crippen LogP contribution is 2.34. The van der Waals surface area contributed by atoms with Crippen LogP contribution >= 0.6 is 34.0 Å². The molecule has 0 bridgehead atoms. The maximum Gasteiger partial charge on any atom is 0.146 e. The summed E-state index contributed by atoms with van der Waals surface area (Å²) in [5.74, 6) is 0. The van der Waals surface area contributed by atoms with E-state index in [0.29, 0.717) is 20.4 Å². The van der Waals surface area contributed by atoms with Gasteiger partial charge in [-0.2, -0.15) is 21.0 Å². The summed E-state index contributed by atoms with van der Waals surface area (Å²) >= 11 is 4.06. The van der Waals surface area contributed by atoms with Crippen molar-refractivity contribution >= 4 is 68.7 Å². The molecule has 0 saturated carbocycles. The zero-order chi connectivity index (χ0) is 21.0. The first-order valence-corrected chi connectivity index (χ1v) is 10.4. The molecular formula is C20H10N6S3. The Balaban J connectivity index is 2.10. The van der Waals surface area contributed by atoms with Crippen LogP contribution in [0.15, 0.2) is 24.3 Å². The number of anilines is 2. The van der Waals surface area contributed by atoms with E-state index >= 15 is 0 Å². The van der Waals surface area contributed by atoms with E-state index < -0.39 is 0 Å². The van der Waals surface area contributed by atoms with E-state index in [1.54, 1.807) is 12.1 Å². The van der Waals surface area contributed by atoms with Crippen LogP contribution in [0.1, 0.15) is 9.75 Å². The quantitative estimate of drug-likeness (QED) is 0.622. The summed E-state index contributed by atoms with van der Waals surface area (Å²) in [6.45, 7) is 0. The molecule has 9 heteroatoms. The van der Waals surface area contributed by atoms with Crippen molar-refractivity contribution < 1.29 is 0 Å². The van der Waals surface area contributed by atoms with Gasteiger partial charge in [-0.15, -0.1) is 34.0 Å². The van der Waals surface area contributed by atoms with Crippen LogP contribution < -0.4 is 29.6 Å². The van der Waals surface area contributed by atoms with Crippen molar-refractivity contribution in [1.82, 2.24) is 0 Å². The van der Waals surface area contributed by atoms with Crippen LogP contribution in [0.4, 0.5) is 11.4 Å². The molecule has 4 N–H and O–H groups in total. The fraction of sp³-hybridized carbons (Fsp3) is 0. The average Bonchev–Trinajstić information content (AvgIpc) is 3.43. The van der Waals surface area contributed by atoms with Gasteiger partial charge in [0.25, 0.3) is 0 Å². The Kier molecular flexibility index (Phi) is 5.79. The predicted molar refractivity (Wildman–Crippen MR) is 117 cm³/mol. The molecule has 6 nitrogen and oxygen atoms in total. The fourth-order valence-electron chi connectivity index (χ4n) is 2.37. The van der Waals surface area contributed by atoms with E-state index in [0.717, 1.165) is 18.8 Å². The van der Waals surface area contributed by atoms with Crippen LogP contribution in [0.3, 0.4) is 0 Å². The van der Waals surface area contributed by atoms with Crippen molar-refractivity contribution in [3.63, 3.8) is 0 Å². The minimum atomic E-state index is 0.0711. The SMILES string of the molecule is N#CC(C#N)=c1cc/c(=C\c2sc(/C=c3\ccc(=C(C#N)C#N)s3)c(N)c2N)s1. The Hall–Kier alpha value is -3.86. The van der Waals surface area contributed by atoms with E-state index in [1.165, 1.54) is 34.0 Å². The molecule has 3 rings (SSSR count). The number of hydrogen-bond acceptors (Lipinski definition) is 9. The molecule has 0 fully saturated rings. The third-order valence-electron chi connectivity index (χ3n) is 3.78. The molecule has 0 aliphatic rings. The molecule has 3 aromatic heterocycles. The molecule has 0 radical (unpaired) electrons. The summed E-state index contributed by atoms with van der Waals surface area (Å²) in [5.41, 5.74) is 13.4. The Bertz CT molecular complexity index is 1370. The first-order chi connectivity index (χ1) is 14.0. The maximum atomic E-state index is 8.98. The second-order valence-corrected chi connectivity index (χ2v) is 8.86. The maximum absolute atomic E-state index is 8.98. The lowest BCUT2D eigenvalue weighted by molar-refractivity contribution is 1.51. The monoisotopic (exact) mass is 430 g/mol. The van der Waals surface area contributed by atoms with Crippen LogP contribution in [0.2, 0.25) is 0 Å². The summed E-state index contributed by atoms with van der Waals surface area (Å²) in [6, 6.07) is 14.6. The summed E-state index contributed by atoms with van der Waals surface area (Å²) in [6.07, 6.45) is 3.73. The third kappa shape index (κ3) is 4.04. The Labute approximate surface area is 177 Å². The van der Waals surface area contributed by atoms with Crippen molar-refractivity contribution in [2.75, 3.05) is 11.5 Å². The van der Waals surface area contributed by atoms with Gasteiger partial charge in [0.1, 0.15) is 35.4 Å². The van der Waals surface area contributed by atoms with E-state index in [-0.39, 0.29) is 11.1 Å². The second-order valence-electron chi connectivity index (χ2n) is 5.55. The summed E-state index contributed by atoms with van der Waals surface area (Å²) in [4.78, 5) is 1.55. The molecule has 0 unspecified atom stereocenters. The topological polar surface area (TPSA) is 147 Å². The van der Waals surface area contributed by atoms with Gasteiger partial charge in [-0.25, -0.2) is 0 Å². The molecule has 0 aliphatic carbocycles. The third-order valence-corrected chi connectivity index (χ3v) is 7.00. The number of nitrogen functional groups attached to an aromatic ring is 2. The van der Waals surface area contributed by atoms with Crippen molar-refractivity contribution in [3.05, 3.63) is 52.1 Å². The molecule has 29 heavy (non-hydrogen) atoms. The fourth-order valence-corrected chi connectivity index (χ4v) is 5.36. The van der Waals surface area contributed by atoms with Crippen molar-refractivity contribution in [2.45, 2.75) is 0 Å². The predicted octanol–water partition coefficient (Wildman–Crippen LogP) is 1.09. The van der Waals surface area contributed by atoms with E-state index in [2.05, 4.69) is 0 Å². The zero-order valence-electron chi connectivity index (χ0n) is 14.6. The molecule has 0 atom stereocenters. The van der Waals surface area contributed by atoms with E-state index in [9.17, 15) is 0 Å². The lowest BCUT2D eigenvalue weighted by Gasteiger charge is -1.92.